The van der Waals surface area contributed by atoms with Gasteiger partial charge in [-0.2, -0.15) is 5.10 Å². The molecular weight excluding hydrogens is 222 g/mol. The SMILES string of the molecule is C=Cn1cc(CNc2ccc(CC)c(C)c2)cn1. The molecule has 0 radical (unpaired) electrons. The van der Waals surface area contributed by atoms with E-state index >= 15 is 0 Å². The van der Waals surface area contributed by atoms with Gasteiger partial charge >= 0.3 is 0 Å². The Morgan fingerprint density at radius 3 is 2.89 bits per heavy atom. The standard InChI is InChI=1S/C15H19N3/c1-4-14-6-7-15(8-12(14)3)16-9-13-10-17-18(5-2)11-13/h5-8,10-11,16H,2,4,9H2,1,3H3. The molecule has 0 unspecified atom stereocenters. The molecule has 3 nitrogen and oxygen atoms in total. The second-order valence-electron chi connectivity index (χ2n) is 4.36. The molecule has 0 spiro atoms. The lowest BCUT2D eigenvalue weighted by molar-refractivity contribution is 0.936. The number of hydrogen-bond donors (Lipinski definition) is 1. The summed E-state index contributed by atoms with van der Waals surface area (Å²) in [4.78, 5) is 0. The molecule has 1 aromatic carbocycles. The van der Waals surface area contributed by atoms with Crippen LogP contribution in [-0.2, 0) is 13.0 Å². The van der Waals surface area contributed by atoms with Crippen LogP contribution in [0, 0.1) is 6.92 Å². The zero-order chi connectivity index (χ0) is 13.0. The fourth-order valence-corrected chi connectivity index (χ4v) is 1.98. The van der Waals surface area contributed by atoms with E-state index in [0.717, 1.165) is 24.2 Å². The number of hydrogen-bond acceptors (Lipinski definition) is 2. The van der Waals surface area contributed by atoms with Crippen LogP contribution in [0.15, 0.2) is 37.2 Å². The van der Waals surface area contributed by atoms with Crippen LogP contribution in [-0.4, -0.2) is 9.78 Å². The molecule has 0 fully saturated rings. The molecule has 94 valence electrons. The number of aryl methyl sites for hydroxylation is 2. The van der Waals surface area contributed by atoms with Crippen LogP contribution in [0.1, 0.15) is 23.6 Å². The molecule has 1 heterocycles. The third-order valence-electron chi connectivity index (χ3n) is 3.06. The average Bonchev–Trinajstić information content (AvgIpc) is 2.84. The topological polar surface area (TPSA) is 29.9 Å². The Kier molecular flexibility index (Phi) is 3.82. The van der Waals surface area contributed by atoms with Crippen LogP contribution in [0.25, 0.3) is 6.20 Å². The van der Waals surface area contributed by atoms with Gasteiger partial charge in [-0.05, 0) is 36.6 Å². The van der Waals surface area contributed by atoms with Gasteiger partial charge < -0.3 is 5.32 Å². The lowest BCUT2D eigenvalue weighted by Crippen LogP contribution is -1.99. The van der Waals surface area contributed by atoms with E-state index in [0.29, 0.717) is 0 Å². The Balaban J connectivity index is 2.01. The van der Waals surface area contributed by atoms with Gasteiger partial charge in [0.2, 0.25) is 0 Å². The van der Waals surface area contributed by atoms with Crippen molar-refractivity contribution >= 4 is 11.9 Å². The number of nitrogens with one attached hydrogen (secondary N) is 1. The molecule has 1 aromatic heterocycles. The predicted molar refractivity (Wildman–Crippen MR) is 76.5 cm³/mol. The minimum absolute atomic E-state index is 0.777. The first kappa shape index (κ1) is 12.4. The van der Waals surface area contributed by atoms with Gasteiger partial charge in [0.05, 0.1) is 6.20 Å². The van der Waals surface area contributed by atoms with E-state index in [1.165, 1.54) is 11.1 Å². The van der Waals surface area contributed by atoms with Crippen LogP contribution >= 0.6 is 0 Å². The van der Waals surface area contributed by atoms with Gasteiger partial charge in [-0.1, -0.05) is 19.6 Å². The number of benzene rings is 1. The molecule has 0 saturated carbocycles. The summed E-state index contributed by atoms with van der Waals surface area (Å²) in [5, 5.41) is 7.55. The Labute approximate surface area is 108 Å². The first-order valence-corrected chi connectivity index (χ1v) is 6.22. The van der Waals surface area contributed by atoms with Crippen LogP contribution in [0.2, 0.25) is 0 Å². The molecule has 1 N–H and O–H groups in total. The van der Waals surface area contributed by atoms with E-state index in [2.05, 4.69) is 49.0 Å². The molecule has 18 heavy (non-hydrogen) atoms. The quantitative estimate of drug-likeness (QED) is 0.868. The molecular formula is C15H19N3. The van der Waals surface area contributed by atoms with Crippen molar-refractivity contribution in [3.63, 3.8) is 0 Å². The summed E-state index contributed by atoms with van der Waals surface area (Å²) >= 11 is 0. The van der Waals surface area contributed by atoms with Gasteiger partial charge in [0, 0.05) is 30.2 Å². The molecule has 2 aromatic rings. The summed E-state index contributed by atoms with van der Waals surface area (Å²) in [5.41, 5.74) is 5.03. The van der Waals surface area contributed by atoms with E-state index in [1.807, 2.05) is 12.4 Å². The van der Waals surface area contributed by atoms with Crippen LogP contribution in [0.5, 0.6) is 0 Å². The number of anilines is 1. The predicted octanol–water partition coefficient (Wildman–Crippen LogP) is 3.47. The highest BCUT2D eigenvalue weighted by molar-refractivity contribution is 5.48. The van der Waals surface area contributed by atoms with E-state index < -0.39 is 0 Å². The average molecular weight is 241 g/mol. The fraction of sp³-hybridized carbons (Fsp3) is 0.267. The highest BCUT2D eigenvalue weighted by atomic mass is 15.2. The van der Waals surface area contributed by atoms with Gasteiger partial charge in [0.25, 0.3) is 0 Å². The second kappa shape index (κ2) is 5.54. The summed E-state index contributed by atoms with van der Waals surface area (Å²) in [6.07, 6.45) is 6.58. The normalized spacial score (nSPS) is 10.3. The molecule has 0 atom stereocenters. The van der Waals surface area contributed by atoms with Crippen molar-refractivity contribution < 1.29 is 0 Å². The van der Waals surface area contributed by atoms with Crippen molar-refractivity contribution in [2.24, 2.45) is 0 Å². The van der Waals surface area contributed by atoms with Crippen molar-refractivity contribution in [1.82, 2.24) is 9.78 Å². The maximum Gasteiger partial charge on any atom is 0.0543 e. The second-order valence-corrected chi connectivity index (χ2v) is 4.36. The van der Waals surface area contributed by atoms with Crippen molar-refractivity contribution in [2.75, 3.05) is 5.32 Å². The van der Waals surface area contributed by atoms with Gasteiger partial charge in [0.1, 0.15) is 0 Å². The number of aromatic nitrogens is 2. The molecule has 0 aliphatic heterocycles. The number of rotatable bonds is 5. The zero-order valence-electron chi connectivity index (χ0n) is 11.0. The maximum absolute atomic E-state index is 4.15. The highest BCUT2D eigenvalue weighted by Gasteiger charge is 2.00. The monoisotopic (exact) mass is 241 g/mol. The van der Waals surface area contributed by atoms with Crippen molar-refractivity contribution in [1.29, 1.82) is 0 Å². The largest absolute Gasteiger partial charge is 0.381 e. The Hall–Kier alpha value is -2.03. The third-order valence-corrected chi connectivity index (χ3v) is 3.06. The van der Waals surface area contributed by atoms with E-state index in [-0.39, 0.29) is 0 Å². The molecule has 2 rings (SSSR count). The molecule has 0 saturated heterocycles. The highest BCUT2D eigenvalue weighted by Crippen LogP contribution is 2.16. The van der Waals surface area contributed by atoms with Crippen LogP contribution in [0.3, 0.4) is 0 Å². The summed E-state index contributed by atoms with van der Waals surface area (Å²) < 4.78 is 1.71. The summed E-state index contributed by atoms with van der Waals surface area (Å²) in [5.74, 6) is 0. The van der Waals surface area contributed by atoms with Crippen molar-refractivity contribution in [3.05, 3.63) is 53.9 Å². The fourth-order valence-electron chi connectivity index (χ4n) is 1.98. The molecule has 0 bridgehead atoms. The Bertz CT molecular complexity index is 540. The summed E-state index contributed by atoms with van der Waals surface area (Å²) in [6.45, 7) is 8.78. The maximum atomic E-state index is 4.15. The van der Waals surface area contributed by atoms with Crippen LogP contribution < -0.4 is 5.32 Å². The molecule has 3 heteroatoms. The van der Waals surface area contributed by atoms with Crippen molar-refractivity contribution in [3.8, 4) is 0 Å². The van der Waals surface area contributed by atoms with Crippen molar-refractivity contribution in [2.45, 2.75) is 26.8 Å². The van der Waals surface area contributed by atoms with Gasteiger partial charge in [-0.25, -0.2) is 4.68 Å². The Morgan fingerprint density at radius 1 is 1.44 bits per heavy atom. The first-order valence-electron chi connectivity index (χ1n) is 6.22. The van der Waals surface area contributed by atoms with Gasteiger partial charge in [-0.3, -0.25) is 0 Å². The zero-order valence-corrected chi connectivity index (χ0v) is 11.0. The third kappa shape index (κ3) is 2.80. The van der Waals surface area contributed by atoms with Gasteiger partial charge in [-0.15, -0.1) is 0 Å². The smallest absolute Gasteiger partial charge is 0.0543 e. The molecule has 0 aliphatic rings. The minimum Gasteiger partial charge on any atom is -0.381 e. The van der Waals surface area contributed by atoms with Gasteiger partial charge in [0.15, 0.2) is 0 Å². The van der Waals surface area contributed by atoms with E-state index in [1.54, 1.807) is 10.9 Å². The van der Waals surface area contributed by atoms with Crippen LogP contribution in [0.4, 0.5) is 5.69 Å². The lowest BCUT2D eigenvalue weighted by atomic mass is 10.1. The summed E-state index contributed by atoms with van der Waals surface area (Å²) in [7, 11) is 0. The minimum atomic E-state index is 0.777. The number of nitrogens with zero attached hydrogens (tertiary/aromatic N) is 2. The molecule has 0 aliphatic carbocycles. The Morgan fingerprint density at radius 2 is 2.28 bits per heavy atom. The summed E-state index contributed by atoms with van der Waals surface area (Å²) in [6, 6.07) is 6.51. The van der Waals surface area contributed by atoms with E-state index in [4.69, 9.17) is 0 Å². The first-order chi connectivity index (χ1) is 8.72. The van der Waals surface area contributed by atoms with E-state index in [9.17, 15) is 0 Å². The molecule has 0 amide bonds. The lowest BCUT2D eigenvalue weighted by Gasteiger charge is -2.08.